The third-order valence-electron chi connectivity index (χ3n) is 8.54. The van der Waals surface area contributed by atoms with E-state index in [-0.39, 0.29) is 0 Å². The number of benzene rings is 6. The van der Waals surface area contributed by atoms with Crippen molar-refractivity contribution in [2.24, 2.45) is 0 Å². The lowest BCUT2D eigenvalue weighted by Gasteiger charge is -2.26. The Morgan fingerprint density at radius 3 is 1.62 bits per heavy atom. The summed E-state index contributed by atoms with van der Waals surface area (Å²) in [5.74, 6) is 0. The summed E-state index contributed by atoms with van der Waals surface area (Å²) in [6.45, 7) is 0. The molecule has 4 heteroatoms. The van der Waals surface area contributed by atoms with Crippen molar-refractivity contribution >= 4 is 60.9 Å². The molecule has 4 nitrogen and oxygen atoms in total. The first-order chi connectivity index (χ1) is 22.3. The Bertz CT molecular complexity index is 2470. The van der Waals surface area contributed by atoms with Crippen molar-refractivity contribution in [3.63, 3.8) is 0 Å². The van der Waals surface area contributed by atoms with E-state index in [0.29, 0.717) is 0 Å². The zero-order valence-electron chi connectivity index (χ0n) is 24.2. The molecule has 9 rings (SSSR count). The van der Waals surface area contributed by atoms with Crippen LogP contribution in [0, 0.1) is 0 Å². The van der Waals surface area contributed by atoms with Crippen molar-refractivity contribution in [1.29, 1.82) is 0 Å². The Kier molecular flexibility index (Phi) is 5.78. The van der Waals surface area contributed by atoms with Crippen LogP contribution in [0.25, 0.3) is 66.3 Å². The van der Waals surface area contributed by atoms with Crippen LogP contribution in [0.3, 0.4) is 0 Å². The second-order valence-electron chi connectivity index (χ2n) is 11.2. The van der Waals surface area contributed by atoms with Crippen molar-refractivity contribution in [2.75, 3.05) is 4.90 Å². The quantitative estimate of drug-likeness (QED) is 0.204. The predicted octanol–water partition coefficient (Wildman–Crippen LogP) is 11.7. The summed E-state index contributed by atoms with van der Waals surface area (Å²) in [7, 11) is 0. The molecular weight excluding hydrogens is 552 g/mol. The summed E-state index contributed by atoms with van der Waals surface area (Å²) in [5.41, 5.74) is 10.9. The van der Waals surface area contributed by atoms with Gasteiger partial charge in [0.1, 0.15) is 16.7 Å². The molecule has 0 aliphatic carbocycles. The summed E-state index contributed by atoms with van der Waals surface area (Å²) < 4.78 is 12.3. The second-order valence-corrected chi connectivity index (χ2v) is 11.2. The Hall–Kier alpha value is -6.13. The molecule has 0 bridgehead atoms. The van der Waals surface area contributed by atoms with E-state index in [1.165, 1.54) is 11.1 Å². The van der Waals surface area contributed by atoms with E-state index in [9.17, 15) is 0 Å². The lowest BCUT2D eigenvalue weighted by molar-refractivity contribution is 0.667. The molecule has 0 radical (unpaired) electrons. The van der Waals surface area contributed by atoms with Crippen molar-refractivity contribution in [3.05, 3.63) is 158 Å². The van der Waals surface area contributed by atoms with Crippen molar-refractivity contribution in [3.8, 4) is 22.4 Å². The Balaban J connectivity index is 1.14. The number of rotatable bonds is 5. The molecular formula is C41H26N2O2. The highest BCUT2D eigenvalue weighted by molar-refractivity contribution is 6.07. The van der Waals surface area contributed by atoms with E-state index in [2.05, 4.69) is 120 Å². The number of pyridine rings is 1. The topological polar surface area (TPSA) is 42.4 Å². The first-order valence-corrected chi connectivity index (χ1v) is 15.0. The molecule has 0 aliphatic heterocycles. The van der Waals surface area contributed by atoms with Gasteiger partial charge >= 0.3 is 0 Å². The van der Waals surface area contributed by atoms with Crippen molar-refractivity contribution in [1.82, 2.24) is 4.98 Å². The van der Waals surface area contributed by atoms with Gasteiger partial charge < -0.3 is 13.7 Å². The van der Waals surface area contributed by atoms with Gasteiger partial charge in [-0.2, -0.15) is 0 Å². The van der Waals surface area contributed by atoms with Gasteiger partial charge in [0.15, 0.2) is 5.58 Å². The molecule has 0 spiro atoms. The minimum absolute atomic E-state index is 0.794. The maximum Gasteiger partial charge on any atom is 0.153 e. The number of fused-ring (bicyclic) bond motifs is 6. The van der Waals surface area contributed by atoms with E-state index in [0.717, 1.165) is 72.2 Å². The van der Waals surface area contributed by atoms with Gasteiger partial charge in [-0.05, 0) is 65.7 Å². The molecule has 6 aromatic carbocycles. The van der Waals surface area contributed by atoms with Gasteiger partial charge in [0, 0.05) is 50.2 Å². The number of hydrogen-bond donors (Lipinski definition) is 0. The van der Waals surface area contributed by atoms with E-state index in [1.54, 1.807) is 0 Å². The molecule has 3 heterocycles. The molecule has 0 amide bonds. The SMILES string of the molecule is c1ccc(-c2ccc(N(c3ccc(-c4cc5c(cn4)oc4ccccc45)cc3)c3ccc4c(c3)oc3ccccc34)cc2)cc1. The highest BCUT2D eigenvalue weighted by atomic mass is 16.3. The number of aromatic nitrogens is 1. The van der Waals surface area contributed by atoms with Crippen LogP contribution >= 0.6 is 0 Å². The fourth-order valence-corrected chi connectivity index (χ4v) is 6.30. The molecule has 9 aromatic rings. The minimum atomic E-state index is 0.794. The Morgan fingerprint density at radius 2 is 0.911 bits per heavy atom. The van der Waals surface area contributed by atoms with Crippen molar-refractivity contribution < 1.29 is 8.83 Å². The average Bonchev–Trinajstić information content (AvgIpc) is 3.67. The zero-order chi connectivity index (χ0) is 29.7. The molecule has 0 aliphatic rings. The molecule has 0 fully saturated rings. The van der Waals surface area contributed by atoms with Crippen molar-refractivity contribution in [2.45, 2.75) is 0 Å². The van der Waals surface area contributed by atoms with Crippen LogP contribution in [-0.2, 0) is 0 Å². The highest BCUT2D eigenvalue weighted by Crippen LogP contribution is 2.40. The summed E-state index contributed by atoms with van der Waals surface area (Å²) in [4.78, 5) is 7.01. The minimum Gasteiger partial charge on any atom is -0.456 e. The van der Waals surface area contributed by atoms with Crippen LogP contribution in [0.2, 0.25) is 0 Å². The first kappa shape index (κ1) is 25.4. The van der Waals surface area contributed by atoms with E-state index >= 15 is 0 Å². The maximum atomic E-state index is 6.29. The molecule has 0 saturated carbocycles. The molecule has 212 valence electrons. The second kappa shape index (κ2) is 10.2. The molecule has 0 unspecified atom stereocenters. The Labute approximate surface area is 259 Å². The van der Waals surface area contributed by atoms with E-state index < -0.39 is 0 Å². The molecule has 0 atom stereocenters. The van der Waals surface area contributed by atoms with Crippen LogP contribution in [-0.4, -0.2) is 4.98 Å². The van der Waals surface area contributed by atoms with Crippen LogP contribution in [0.15, 0.2) is 167 Å². The lowest BCUT2D eigenvalue weighted by Crippen LogP contribution is -2.09. The molecule has 45 heavy (non-hydrogen) atoms. The molecule has 3 aromatic heterocycles. The fourth-order valence-electron chi connectivity index (χ4n) is 6.30. The average molecular weight is 579 g/mol. The number of anilines is 3. The fraction of sp³-hybridized carbons (Fsp3) is 0. The van der Waals surface area contributed by atoms with Crippen LogP contribution in [0.1, 0.15) is 0 Å². The van der Waals surface area contributed by atoms with Gasteiger partial charge in [0.05, 0.1) is 11.9 Å². The largest absolute Gasteiger partial charge is 0.456 e. The van der Waals surface area contributed by atoms with Gasteiger partial charge in [0.2, 0.25) is 0 Å². The van der Waals surface area contributed by atoms with E-state index in [4.69, 9.17) is 13.8 Å². The number of hydrogen-bond acceptors (Lipinski definition) is 4. The number of nitrogens with zero attached hydrogens (tertiary/aromatic N) is 2. The monoisotopic (exact) mass is 578 g/mol. The zero-order valence-corrected chi connectivity index (χ0v) is 24.2. The highest BCUT2D eigenvalue weighted by Gasteiger charge is 2.16. The number of para-hydroxylation sites is 2. The van der Waals surface area contributed by atoms with Crippen LogP contribution in [0.4, 0.5) is 17.1 Å². The van der Waals surface area contributed by atoms with Crippen LogP contribution in [0.5, 0.6) is 0 Å². The summed E-state index contributed by atoms with van der Waals surface area (Å²) in [6.07, 6.45) is 1.82. The molecule has 0 saturated heterocycles. The normalized spacial score (nSPS) is 11.6. The third kappa shape index (κ3) is 4.35. The third-order valence-corrected chi connectivity index (χ3v) is 8.54. The number of furan rings is 2. The predicted molar refractivity (Wildman–Crippen MR) is 184 cm³/mol. The Morgan fingerprint density at radius 1 is 0.378 bits per heavy atom. The summed E-state index contributed by atoms with van der Waals surface area (Å²) in [5, 5.41) is 4.40. The van der Waals surface area contributed by atoms with Gasteiger partial charge in [-0.25, -0.2) is 0 Å². The van der Waals surface area contributed by atoms with Gasteiger partial charge in [0.25, 0.3) is 0 Å². The summed E-state index contributed by atoms with van der Waals surface area (Å²) >= 11 is 0. The lowest BCUT2D eigenvalue weighted by atomic mass is 10.0. The summed E-state index contributed by atoms with van der Waals surface area (Å²) in [6, 6.07) is 52.6. The van der Waals surface area contributed by atoms with Gasteiger partial charge in [-0.3, -0.25) is 4.98 Å². The molecule has 0 N–H and O–H groups in total. The standard InChI is InChI=1S/C41H26N2O2/c1-2-8-27(9-3-1)28-14-18-30(19-15-28)43(32-22-23-35-33-10-4-6-12-38(33)44-40(35)24-32)31-20-16-29(17-21-31)37-25-36-34-11-5-7-13-39(34)45-41(36)26-42-37/h1-26H. The van der Waals surface area contributed by atoms with Gasteiger partial charge in [-0.15, -0.1) is 0 Å². The first-order valence-electron chi connectivity index (χ1n) is 15.0. The van der Waals surface area contributed by atoms with E-state index in [1.807, 2.05) is 42.6 Å². The smallest absolute Gasteiger partial charge is 0.153 e. The van der Waals surface area contributed by atoms with Gasteiger partial charge in [-0.1, -0.05) is 91.0 Å². The maximum absolute atomic E-state index is 6.29. The van der Waals surface area contributed by atoms with Crippen LogP contribution < -0.4 is 4.90 Å².